The number of halogens is 9. The second-order valence-corrected chi connectivity index (χ2v) is 9.72. The van der Waals surface area contributed by atoms with Gasteiger partial charge in [-0.25, -0.2) is 30.7 Å². The average molecular weight is 598 g/mol. The normalized spacial score (nSPS) is 11.8. The first-order chi connectivity index (χ1) is 19.4. The van der Waals surface area contributed by atoms with Gasteiger partial charge in [-0.15, -0.1) is 11.3 Å². The molecule has 12 heteroatoms. The number of hydrogen-bond donors (Lipinski definition) is 0. The minimum absolute atomic E-state index is 0.0741. The number of benzene rings is 4. The van der Waals surface area contributed by atoms with Crippen LogP contribution in [0.3, 0.4) is 0 Å². The second-order valence-electron chi connectivity index (χ2n) is 8.67. The molecule has 1 aromatic heterocycles. The highest BCUT2D eigenvalue weighted by atomic mass is 32.1. The van der Waals surface area contributed by atoms with Crippen molar-refractivity contribution in [2.75, 3.05) is 6.61 Å². The van der Waals surface area contributed by atoms with Gasteiger partial charge in [-0.05, 0) is 54.4 Å². The third-order valence-electron chi connectivity index (χ3n) is 5.99. The maximum Gasteiger partial charge on any atom is 0.432 e. The number of thiophene rings is 1. The SMILES string of the molecule is CCOc1ccc2c(F)c(-c3ccc(-c4cc(F)c(C(F)(F)Oc5cc(F)c(F)c(F)c5)c(F)c4)c(F)c3)sc2c1. The van der Waals surface area contributed by atoms with E-state index < -0.39 is 63.7 Å². The van der Waals surface area contributed by atoms with Gasteiger partial charge in [0.2, 0.25) is 0 Å². The molecule has 5 rings (SSSR count). The highest BCUT2D eigenvalue weighted by molar-refractivity contribution is 7.22. The van der Waals surface area contributed by atoms with Gasteiger partial charge in [0.15, 0.2) is 17.5 Å². The first-order valence-electron chi connectivity index (χ1n) is 11.8. The number of fused-ring (bicyclic) bond motifs is 1. The van der Waals surface area contributed by atoms with E-state index in [4.69, 9.17) is 4.74 Å². The van der Waals surface area contributed by atoms with Crippen molar-refractivity contribution in [3.63, 3.8) is 0 Å². The van der Waals surface area contributed by atoms with E-state index in [1.54, 1.807) is 19.1 Å². The van der Waals surface area contributed by atoms with Crippen molar-refractivity contribution in [2.24, 2.45) is 0 Å². The molecule has 1 heterocycles. The number of hydrogen-bond acceptors (Lipinski definition) is 3. The molecular formula is C29H15F9O2S. The zero-order valence-corrected chi connectivity index (χ0v) is 21.4. The van der Waals surface area contributed by atoms with E-state index in [1.165, 1.54) is 12.1 Å². The van der Waals surface area contributed by atoms with E-state index in [1.807, 2.05) is 0 Å². The van der Waals surface area contributed by atoms with Gasteiger partial charge in [0, 0.05) is 27.8 Å². The minimum Gasteiger partial charge on any atom is -0.494 e. The third-order valence-corrected chi connectivity index (χ3v) is 7.17. The van der Waals surface area contributed by atoms with Crippen LogP contribution in [0.25, 0.3) is 31.7 Å². The van der Waals surface area contributed by atoms with Gasteiger partial charge < -0.3 is 9.47 Å². The van der Waals surface area contributed by atoms with Crippen molar-refractivity contribution in [3.05, 3.63) is 107 Å². The lowest BCUT2D eigenvalue weighted by Crippen LogP contribution is -2.25. The number of ether oxygens (including phenoxy) is 2. The molecule has 41 heavy (non-hydrogen) atoms. The standard InChI is InChI=1S/C29H15F9O2S/c1-2-39-15-4-6-18-24(12-15)41-28(26(18)35)13-3-5-17(19(30)7-13)14-8-20(31)25(21(32)9-14)29(37,38)40-16-10-22(33)27(36)23(34)11-16/h3-12H,2H2,1H3. The first-order valence-corrected chi connectivity index (χ1v) is 12.6. The quantitative estimate of drug-likeness (QED) is 0.137. The molecule has 0 saturated carbocycles. The second kappa shape index (κ2) is 10.7. The van der Waals surface area contributed by atoms with Crippen LogP contribution in [0.4, 0.5) is 39.5 Å². The molecular weight excluding hydrogens is 583 g/mol. The van der Waals surface area contributed by atoms with Crippen LogP contribution in [0.1, 0.15) is 12.5 Å². The van der Waals surface area contributed by atoms with Gasteiger partial charge in [-0.2, -0.15) is 8.78 Å². The van der Waals surface area contributed by atoms with Crippen molar-refractivity contribution in [2.45, 2.75) is 13.0 Å². The lowest BCUT2D eigenvalue weighted by molar-refractivity contribution is -0.189. The summed E-state index contributed by atoms with van der Waals surface area (Å²) in [4.78, 5) is 0.0947. The minimum atomic E-state index is -4.80. The van der Waals surface area contributed by atoms with Crippen LogP contribution in [0.2, 0.25) is 0 Å². The molecule has 0 radical (unpaired) electrons. The molecule has 0 aliphatic rings. The van der Waals surface area contributed by atoms with Crippen LogP contribution in [0.15, 0.2) is 60.7 Å². The van der Waals surface area contributed by atoms with Gasteiger partial charge >= 0.3 is 6.11 Å². The molecule has 0 aliphatic heterocycles. The van der Waals surface area contributed by atoms with Crippen LogP contribution >= 0.6 is 11.3 Å². The summed E-state index contributed by atoms with van der Waals surface area (Å²) < 4.78 is 139. The summed E-state index contributed by atoms with van der Waals surface area (Å²) in [5, 5.41) is 0.284. The number of rotatable bonds is 7. The predicted octanol–water partition coefficient (Wildman–Crippen LogP) is 9.74. The van der Waals surface area contributed by atoms with E-state index in [2.05, 4.69) is 4.74 Å². The molecule has 0 unspecified atom stereocenters. The Morgan fingerprint density at radius 1 is 0.659 bits per heavy atom. The summed E-state index contributed by atoms with van der Waals surface area (Å²) in [6.07, 6.45) is -4.80. The van der Waals surface area contributed by atoms with E-state index in [9.17, 15) is 30.7 Å². The van der Waals surface area contributed by atoms with E-state index in [-0.39, 0.29) is 33.5 Å². The fourth-order valence-corrected chi connectivity index (χ4v) is 5.28. The van der Waals surface area contributed by atoms with Gasteiger partial charge in [-0.1, -0.05) is 12.1 Å². The Morgan fingerprint density at radius 3 is 1.90 bits per heavy atom. The molecule has 0 spiro atoms. The van der Waals surface area contributed by atoms with Crippen molar-refractivity contribution < 1.29 is 49.0 Å². The molecule has 2 nitrogen and oxygen atoms in total. The number of alkyl halides is 2. The third kappa shape index (κ3) is 5.31. The smallest absolute Gasteiger partial charge is 0.432 e. The fraction of sp³-hybridized carbons (Fsp3) is 0.103. The maximum atomic E-state index is 15.1. The maximum absolute atomic E-state index is 15.1. The fourth-order valence-electron chi connectivity index (χ4n) is 4.17. The van der Waals surface area contributed by atoms with E-state index >= 15 is 8.78 Å². The Labute approximate surface area is 230 Å². The van der Waals surface area contributed by atoms with Crippen LogP contribution in [-0.2, 0) is 6.11 Å². The first kappa shape index (κ1) is 28.3. The summed E-state index contributed by atoms with van der Waals surface area (Å²) in [6.45, 7) is 2.19. The van der Waals surface area contributed by atoms with Crippen LogP contribution in [-0.4, -0.2) is 6.61 Å². The highest BCUT2D eigenvalue weighted by Crippen LogP contribution is 2.41. The Bertz CT molecular complexity index is 1750. The molecule has 4 aromatic carbocycles. The predicted molar refractivity (Wildman–Crippen MR) is 135 cm³/mol. The Hall–Kier alpha value is -4.19. The summed E-state index contributed by atoms with van der Waals surface area (Å²) in [5.41, 5.74) is -2.66. The average Bonchev–Trinajstić information content (AvgIpc) is 3.22. The topological polar surface area (TPSA) is 18.5 Å². The van der Waals surface area contributed by atoms with Crippen LogP contribution in [0.5, 0.6) is 11.5 Å². The van der Waals surface area contributed by atoms with Crippen molar-refractivity contribution in [3.8, 4) is 33.1 Å². The Kier molecular flexibility index (Phi) is 7.37. The van der Waals surface area contributed by atoms with Gasteiger partial charge in [0.05, 0.1) is 11.5 Å². The van der Waals surface area contributed by atoms with Gasteiger partial charge in [0.25, 0.3) is 0 Å². The largest absolute Gasteiger partial charge is 0.494 e. The van der Waals surface area contributed by atoms with Gasteiger partial charge in [0.1, 0.15) is 40.3 Å². The van der Waals surface area contributed by atoms with Gasteiger partial charge in [-0.3, -0.25) is 0 Å². The lowest BCUT2D eigenvalue weighted by atomic mass is 10.00. The highest BCUT2D eigenvalue weighted by Gasteiger charge is 2.41. The molecule has 0 saturated heterocycles. The molecule has 212 valence electrons. The van der Waals surface area contributed by atoms with E-state index in [0.717, 1.165) is 23.5 Å². The molecule has 0 aliphatic carbocycles. The summed E-state index contributed by atoms with van der Waals surface area (Å²) in [7, 11) is 0. The van der Waals surface area contributed by atoms with Crippen LogP contribution in [0, 0.1) is 40.7 Å². The Balaban J connectivity index is 1.47. The molecule has 0 bridgehead atoms. The van der Waals surface area contributed by atoms with Crippen LogP contribution < -0.4 is 9.47 Å². The Morgan fingerprint density at radius 2 is 1.29 bits per heavy atom. The molecule has 0 amide bonds. The summed E-state index contributed by atoms with van der Waals surface area (Å²) in [5.74, 6) is -11.8. The molecule has 0 N–H and O–H groups in total. The van der Waals surface area contributed by atoms with Crippen molar-refractivity contribution >= 4 is 21.4 Å². The molecule has 0 atom stereocenters. The van der Waals surface area contributed by atoms with Crippen molar-refractivity contribution in [1.82, 2.24) is 0 Å². The van der Waals surface area contributed by atoms with Crippen molar-refractivity contribution in [1.29, 1.82) is 0 Å². The lowest BCUT2D eigenvalue weighted by Gasteiger charge is -2.20. The monoisotopic (exact) mass is 598 g/mol. The zero-order chi connectivity index (χ0) is 29.6. The molecule has 0 fully saturated rings. The zero-order valence-electron chi connectivity index (χ0n) is 20.6. The van der Waals surface area contributed by atoms with E-state index in [0.29, 0.717) is 29.2 Å². The summed E-state index contributed by atoms with van der Waals surface area (Å²) >= 11 is 1.03. The molecule has 5 aromatic rings. The summed E-state index contributed by atoms with van der Waals surface area (Å²) in [6, 6.07) is 9.06.